The number of rotatable bonds is 5. The molecule has 0 saturated carbocycles. The van der Waals surface area contributed by atoms with Gasteiger partial charge in [-0.2, -0.15) is 4.68 Å². The monoisotopic (exact) mass is 379 g/mol. The van der Waals surface area contributed by atoms with Crippen molar-refractivity contribution in [2.24, 2.45) is 0 Å². The van der Waals surface area contributed by atoms with Gasteiger partial charge in [-0.1, -0.05) is 59.8 Å². The summed E-state index contributed by atoms with van der Waals surface area (Å²) in [6.07, 6.45) is 2.14. The van der Waals surface area contributed by atoms with E-state index in [1.54, 1.807) is 4.68 Å². The van der Waals surface area contributed by atoms with Crippen LogP contribution in [0.1, 0.15) is 29.2 Å². The minimum absolute atomic E-state index is 0.127. The van der Waals surface area contributed by atoms with Gasteiger partial charge in [0.2, 0.25) is 11.1 Å². The molecule has 6 nitrogen and oxygen atoms in total. The van der Waals surface area contributed by atoms with Gasteiger partial charge in [0.25, 0.3) is 0 Å². The van der Waals surface area contributed by atoms with Gasteiger partial charge in [0.1, 0.15) is 5.25 Å². The van der Waals surface area contributed by atoms with Gasteiger partial charge in [-0.05, 0) is 47.9 Å². The first-order valence-corrected chi connectivity index (χ1v) is 9.96. The van der Waals surface area contributed by atoms with E-state index in [4.69, 9.17) is 0 Å². The summed E-state index contributed by atoms with van der Waals surface area (Å²) >= 11 is 1.40. The number of benzene rings is 2. The van der Waals surface area contributed by atoms with Crippen molar-refractivity contribution in [2.75, 3.05) is 13.1 Å². The molecule has 0 unspecified atom stereocenters. The summed E-state index contributed by atoms with van der Waals surface area (Å²) in [6, 6.07) is 17.9. The summed E-state index contributed by atoms with van der Waals surface area (Å²) in [5, 5.41) is 12.4. The first-order chi connectivity index (χ1) is 13.2. The summed E-state index contributed by atoms with van der Waals surface area (Å²) in [4.78, 5) is 15.1. The molecule has 1 fully saturated rings. The Morgan fingerprint density at radius 1 is 1.04 bits per heavy atom. The van der Waals surface area contributed by atoms with Crippen molar-refractivity contribution in [2.45, 2.75) is 30.2 Å². The van der Waals surface area contributed by atoms with Crippen LogP contribution in [0.4, 0.5) is 0 Å². The van der Waals surface area contributed by atoms with Crippen LogP contribution in [0.25, 0.3) is 5.69 Å². The van der Waals surface area contributed by atoms with Crippen LogP contribution < -0.4 is 0 Å². The van der Waals surface area contributed by atoms with E-state index < -0.39 is 0 Å². The van der Waals surface area contributed by atoms with Crippen LogP contribution in [-0.2, 0) is 4.79 Å². The summed E-state index contributed by atoms with van der Waals surface area (Å²) < 4.78 is 1.69. The quantitative estimate of drug-likeness (QED) is 0.636. The zero-order chi connectivity index (χ0) is 18.6. The van der Waals surface area contributed by atoms with Gasteiger partial charge >= 0.3 is 0 Å². The molecule has 0 bridgehead atoms. The highest BCUT2D eigenvalue weighted by molar-refractivity contribution is 8.00. The van der Waals surface area contributed by atoms with Gasteiger partial charge in [-0.3, -0.25) is 4.79 Å². The highest BCUT2D eigenvalue weighted by Gasteiger charge is 2.30. The first kappa shape index (κ1) is 17.7. The number of carbonyl (C=O) groups excluding carboxylic acids is 1. The van der Waals surface area contributed by atoms with E-state index >= 15 is 0 Å². The first-order valence-electron chi connectivity index (χ1n) is 9.08. The third kappa shape index (κ3) is 3.88. The lowest BCUT2D eigenvalue weighted by Gasteiger charge is -2.22. The van der Waals surface area contributed by atoms with Crippen molar-refractivity contribution < 1.29 is 4.79 Å². The van der Waals surface area contributed by atoms with Crippen LogP contribution in [0.15, 0.2) is 59.8 Å². The zero-order valence-corrected chi connectivity index (χ0v) is 16.0. The molecular formula is C20H21N5OS. The van der Waals surface area contributed by atoms with Crippen molar-refractivity contribution in [3.8, 4) is 5.69 Å². The Balaban J connectivity index is 1.65. The van der Waals surface area contributed by atoms with Gasteiger partial charge in [-0.25, -0.2) is 0 Å². The SMILES string of the molecule is Cc1ccc(-n2nnnc2S[C@H](C(=O)N2CCCC2)c2ccccc2)cc1. The fraction of sp³-hybridized carbons (Fsp3) is 0.300. The van der Waals surface area contributed by atoms with E-state index in [2.05, 4.69) is 15.5 Å². The van der Waals surface area contributed by atoms with E-state index in [1.165, 1.54) is 17.3 Å². The number of likely N-dealkylation sites (tertiary alicyclic amines) is 1. The molecule has 138 valence electrons. The number of hydrogen-bond acceptors (Lipinski definition) is 5. The van der Waals surface area contributed by atoms with Crippen molar-refractivity contribution in [1.29, 1.82) is 0 Å². The van der Waals surface area contributed by atoms with E-state index in [-0.39, 0.29) is 11.2 Å². The van der Waals surface area contributed by atoms with Crippen LogP contribution in [0.5, 0.6) is 0 Å². The second kappa shape index (κ2) is 7.92. The van der Waals surface area contributed by atoms with E-state index in [0.29, 0.717) is 5.16 Å². The standard InChI is InChI=1S/C20H21N5OS/c1-15-9-11-17(12-10-15)25-20(21-22-23-25)27-18(16-7-3-2-4-8-16)19(26)24-13-5-6-14-24/h2-4,7-12,18H,5-6,13-14H2,1H3/t18-/m0/s1. The van der Waals surface area contributed by atoms with Gasteiger partial charge < -0.3 is 4.90 Å². The fourth-order valence-corrected chi connectivity index (χ4v) is 4.28. The Bertz CT molecular complexity index is 904. The number of nitrogens with zero attached hydrogens (tertiary/aromatic N) is 5. The molecule has 0 spiro atoms. The molecule has 1 amide bonds. The Kier molecular flexibility index (Phi) is 5.20. The molecule has 27 heavy (non-hydrogen) atoms. The van der Waals surface area contributed by atoms with Gasteiger partial charge in [-0.15, -0.1) is 5.10 Å². The maximum absolute atomic E-state index is 13.2. The van der Waals surface area contributed by atoms with Gasteiger partial charge in [0.05, 0.1) is 5.69 Å². The second-order valence-corrected chi connectivity index (χ2v) is 7.72. The Morgan fingerprint density at radius 2 is 1.74 bits per heavy atom. The predicted octanol–water partition coefficient (Wildman–Crippen LogP) is 3.43. The third-order valence-corrected chi connectivity index (χ3v) is 5.86. The lowest BCUT2D eigenvalue weighted by molar-refractivity contribution is -0.129. The highest BCUT2D eigenvalue weighted by Crippen LogP contribution is 2.36. The maximum Gasteiger partial charge on any atom is 0.240 e. The topological polar surface area (TPSA) is 63.9 Å². The second-order valence-electron chi connectivity index (χ2n) is 6.65. The van der Waals surface area contributed by atoms with Crippen LogP contribution in [0.3, 0.4) is 0 Å². The number of carbonyl (C=O) groups is 1. The number of hydrogen-bond donors (Lipinski definition) is 0. The average Bonchev–Trinajstić information content (AvgIpc) is 3.39. The molecular weight excluding hydrogens is 358 g/mol. The molecule has 3 aromatic rings. The number of amides is 1. The number of tetrazole rings is 1. The van der Waals surface area contributed by atoms with E-state index in [0.717, 1.165) is 37.2 Å². The van der Waals surface area contributed by atoms with E-state index in [9.17, 15) is 4.79 Å². The van der Waals surface area contributed by atoms with Crippen LogP contribution >= 0.6 is 11.8 Å². The number of aromatic nitrogens is 4. The summed E-state index contributed by atoms with van der Waals surface area (Å²) in [5.41, 5.74) is 3.03. The van der Waals surface area contributed by atoms with Crippen LogP contribution in [0.2, 0.25) is 0 Å². The van der Waals surface area contributed by atoms with Crippen LogP contribution in [-0.4, -0.2) is 44.1 Å². The summed E-state index contributed by atoms with van der Waals surface area (Å²) in [7, 11) is 0. The lowest BCUT2D eigenvalue weighted by atomic mass is 10.1. The zero-order valence-electron chi connectivity index (χ0n) is 15.2. The molecule has 0 radical (unpaired) electrons. The molecule has 1 aliphatic rings. The molecule has 1 aromatic heterocycles. The minimum atomic E-state index is -0.362. The van der Waals surface area contributed by atoms with Crippen molar-refractivity contribution in [3.63, 3.8) is 0 Å². The highest BCUT2D eigenvalue weighted by atomic mass is 32.2. The third-order valence-electron chi connectivity index (χ3n) is 4.69. The van der Waals surface area contributed by atoms with E-state index in [1.807, 2.05) is 66.4 Å². The number of thioether (sulfide) groups is 1. The van der Waals surface area contributed by atoms with Crippen LogP contribution in [0, 0.1) is 6.92 Å². The molecule has 4 rings (SSSR count). The van der Waals surface area contributed by atoms with Gasteiger partial charge in [0, 0.05) is 13.1 Å². The average molecular weight is 379 g/mol. The molecule has 1 aliphatic heterocycles. The smallest absolute Gasteiger partial charge is 0.240 e. The van der Waals surface area contributed by atoms with Gasteiger partial charge in [0.15, 0.2) is 0 Å². The fourth-order valence-electron chi connectivity index (χ4n) is 3.20. The van der Waals surface area contributed by atoms with Crippen molar-refractivity contribution in [1.82, 2.24) is 25.1 Å². The molecule has 1 atom stereocenters. The summed E-state index contributed by atoms with van der Waals surface area (Å²) in [5.74, 6) is 0.127. The minimum Gasteiger partial charge on any atom is -0.341 e. The largest absolute Gasteiger partial charge is 0.341 e. The lowest BCUT2D eigenvalue weighted by Crippen LogP contribution is -2.31. The van der Waals surface area contributed by atoms with Crippen molar-refractivity contribution in [3.05, 3.63) is 65.7 Å². The molecule has 2 aromatic carbocycles. The number of aryl methyl sites for hydroxylation is 1. The molecule has 7 heteroatoms. The Morgan fingerprint density at radius 3 is 2.44 bits per heavy atom. The summed E-state index contributed by atoms with van der Waals surface area (Å²) in [6.45, 7) is 3.69. The maximum atomic E-state index is 13.2. The Labute approximate surface area is 162 Å². The molecule has 0 N–H and O–H groups in total. The van der Waals surface area contributed by atoms with Crippen molar-refractivity contribution >= 4 is 17.7 Å². The molecule has 1 saturated heterocycles. The molecule has 2 heterocycles. The Hall–Kier alpha value is -2.67. The normalized spacial score (nSPS) is 15.1. The molecule has 0 aliphatic carbocycles. The predicted molar refractivity (Wildman–Crippen MR) is 105 cm³/mol.